The van der Waals surface area contributed by atoms with Gasteiger partial charge in [-0.3, -0.25) is 29.6 Å². The molecule has 0 spiro atoms. The van der Waals surface area contributed by atoms with Crippen LogP contribution in [0.4, 0.5) is 11.4 Å². The van der Waals surface area contributed by atoms with E-state index in [-0.39, 0.29) is 36.8 Å². The van der Waals surface area contributed by atoms with Crippen LogP contribution in [0.25, 0.3) is 0 Å². The molecule has 1 aromatic rings. The molecule has 0 radical (unpaired) electrons. The lowest BCUT2D eigenvalue weighted by Crippen LogP contribution is -2.50. The Morgan fingerprint density at radius 2 is 1.80 bits per heavy atom. The largest absolute Gasteiger partial charge is 0.370 e. The van der Waals surface area contributed by atoms with E-state index < -0.39 is 22.8 Å². The Kier molecular flexibility index (Phi) is 7.28. The monoisotopic (exact) mass is 351 g/mol. The van der Waals surface area contributed by atoms with Gasteiger partial charge in [0.05, 0.1) is 11.5 Å². The fourth-order valence-corrected chi connectivity index (χ4v) is 2.22. The molecule has 0 heterocycles. The molecule has 0 unspecified atom stereocenters. The Morgan fingerprint density at radius 3 is 2.24 bits per heavy atom. The quantitative estimate of drug-likeness (QED) is 0.141. The average Bonchev–Trinajstić information content (AvgIpc) is 2.56. The molecule has 1 rings (SSSR count). The second-order valence-electron chi connectivity index (χ2n) is 5.11. The number of rotatable bonds is 9. The molecule has 25 heavy (non-hydrogen) atoms. The van der Waals surface area contributed by atoms with Crippen LogP contribution in [0.2, 0.25) is 0 Å². The van der Waals surface area contributed by atoms with Gasteiger partial charge in [0.1, 0.15) is 6.04 Å². The first-order valence-electron chi connectivity index (χ1n) is 7.39. The van der Waals surface area contributed by atoms with Gasteiger partial charge in [0.25, 0.3) is 5.69 Å². The van der Waals surface area contributed by atoms with Gasteiger partial charge in [0.15, 0.2) is 5.96 Å². The third-order valence-electron chi connectivity index (χ3n) is 3.35. The summed E-state index contributed by atoms with van der Waals surface area (Å²) in [4.78, 5) is 39.2. The summed E-state index contributed by atoms with van der Waals surface area (Å²) < 4.78 is 0. The van der Waals surface area contributed by atoms with Gasteiger partial charge in [-0.05, 0) is 25.0 Å². The second-order valence-corrected chi connectivity index (χ2v) is 5.11. The Labute approximate surface area is 143 Å². The summed E-state index contributed by atoms with van der Waals surface area (Å²) in [5.41, 5.74) is 21.4. The van der Waals surface area contributed by atoms with E-state index in [2.05, 4.69) is 4.99 Å². The number of hydrogen-bond donors (Lipinski definition) is 4. The fourth-order valence-electron chi connectivity index (χ4n) is 2.22. The van der Waals surface area contributed by atoms with Crippen LogP contribution < -0.4 is 27.8 Å². The third-order valence-corrected chi connectivity index (χ3v) is 3.35. The van der Waals surface area contributed by atoms with Crippen molar-refractivity contribution >= 4 is 29.1 Å². The number of non-ortho nitro benzene ring substituents is 1. The maximum atomic E-state index is 12.2. The number of hydrogen-bond acceptors (Lipinski definition) is 6. The van der Waals surface area contributed by atoms with E-state index in [0.29, 0.717) is 6.42 Å². The summed E-state index contributed by atoms with van der Waals surface area (Å²) in [5.74, 6) is -1.36. The average molecular weight is 351 g/mol. The lowest BCUT2D eigenvalue weighted by atomic mass is 10.1. The lowest BCUT2D eigenvalue weighted by molar-refractivity contribution is -0.384. The number of anilines is 1. The molecule has 0 aliphatic rings. The minimum Gasteiger partial charge on any atom is -0.370 e. The molecule has 11 heteroatoms. The molecule has 0 aliphatic carbocycles. The highest BCUT2D eigenvalue weighted by Crippen LogP contribution is 2.23. The number of carbonyl (C=O) groups is 2. The van der Waals surface area contributed by atoms with Gasteiger partial charge in [0.2, 0.25) is 11.8 Å². The van der Waals surface area contributed by atoms with E-state index >= 15 is 0 Å². The highest BCUT2D eigenvalue weighted by Gasteiger charge is 2.28. The number of amides is 2. The highest BCUT2D eigenvalue weighted by molar-refractivity contribution is 6.01. The first kappa shape index (κ1) is 19.8. The SMILES string of the molecule is NCC(=O)N(c1ccc([N+](=O)[O-])cc1)[C@@H](CCCN=C(N)N)C(N)=O. The molecule has 1 atom stereocenters. The Bertz CT molecular complexity index is 656. The first-order chi connectivity index (χ1) is 11.8. The maximum Gasteiger partial charge on any atom is 0.269 e. The summed E-state index contributed by atoms with van der Waals surface area (Å²) in [6.07, 6.45) is 0.599. The Balaban J connectivity index is 3.07. The minimum absolute atomic E-state index is 0.0825. The molecule has 0 fully saturated rings. The zero-order valence-corrected chi connectivity index (χ0v) is 13.5. The van der Waals surface area contributed by atoms with Gasteiger partial charge in [-0.15, -0.1) is 0 Å². The predicted molar refractivity (Wildman–Crippen MR) is 92.5 cm³/mol. The number of nitrogens with two attached hydrogens (primary N) is 4. The molecule has 8 N–H and O–H groups in total. The number of guanidine groups is 1. The van der Waals surface area contributed by atoms with Crippen LogP contribution in [-0.4, -0.2) is 41.8 Å². The first-order valence-corrected chi connectivity index (χ1v) is 7.39. The van der Waals surface area contributed by atoms with Crippen molar-refractivity contribution in [1.82, 2.24) is 0 Å². The van der Waals surface area contributed by atoms with Gasteiger partial charge in [-0.1, -0.05) is 0 Å². The van der Waals surface area contributed by atoms with E-state index in [1.165, 1.54) is 24.3 Å². The number of carbonyl (C=O) groups excluding carboxylic acids is 2. The van der Waals surface area contributed by atoms with Crippen molar-refractivity contribution in [2.45, 2.75) is 18.9 Å². The van der Waals surface area contributed by atoms with Crippen LogP contribution in [0.5, 0.6) is 0 Å². The summed E-state index contributed by atoms with van der Waals surface area (Å²) in [6, 6.07) is 4.19. The van der Waals surface area contributed by atoms with E-state index in [1.54, 1.807) is 0 Å². The summed E-state index contributed by atoms with van der Waals surface area (Å²) in [5, 5.41) is 10.7. The summed E-state index contributed by atoms with van der Waals surface area (Å²) in [7, 11) is 0. The molecule has 136 valence electrons. The molecule has 0 aromatic heterocycles. The van der Waals surface area contributed by atoms with Gasteiger partial charge < -0.3 is 22.9 Å². The number of benzene rings is 1. The molecular weight excluding hydrogens is 330 g/mol. The van der Waals surface area contributed by atoms with Gasteiger partial charge in [-0.2, -0.15) is 0 Å². The fraction of sp³-hybridized carbons (Fsp3) is 0.357. The summed E-state index contributed by atoms with van der Waals surface area (Å²) in [6.45, 7) is -0.0916. The number of nitro groups is 1. The molecule has 2 amide bonds. The van der Waals surface area contributed by atoms with Crippen LogP contribution in [-0.2, 0) is 9.59 Å². The van der Waals surface area contributed by atoms with Crippen LogP contribution in [0, 0.1) is 10.1 Å². The zero-order valence-electron chi connectivity index (χ0n) is 13.5. The predicted octanol–water partition coefficient (Wildman–Crippen LogP) is -1.21. The molecule has 0 bridgehead atoms. The maximum absolute atomic E-state index is 12.2. The van der Waals surface area contributed by atoms with E-state index in [0.717, 1.165) is 4.90 Å². The molecule has 0 saturated carbocycles. The molecule has 11 nitrogen and oxygen atoms in total. The smallest absolute Gasteiger partial charge is 0.269 e. The van der Waals surface area contributed by atoms with Crippen LogP contribution in [0.1, 0.15) is 12.8 Å². The van der Waals surface area contributed by atoms with Crippen molar-refractivity contribution in [3.63, 3.8) is 0 Å². The van der Waals surface area contributed by atoms with Gasteiger partial charge in [0, 0.05) is 24.4 Å². The number of nitrogens with zero attached hydrogens (tertiary/aromatic N) is 3. The topological polar surface area (TPSA) is 197 Å². The van der Waals surface area contributed by atoms with Gasteiger partial charge in [-0.25, -0.2) is 0 Å². The van der Waals surface area contributed by atoms with Crippen molar-refractivity contribution in [3.05, 3.63) is 34.4 Å². The van der Waals surface area contributed by atoms with Gasteiger partial charge >= 0.3 is 0 Å². The van der Waals surface area contributed by atoms with Crippen molar-refractivity contribution in [1.29, 1.82) is 0 Å². The van der Waals surface area contributed by atoms with Crippen molar-refractivity contribution in [2.24, 2.45) is 27.9 Å². The highest BCUT2D eigenvalue weighted by atomic mass is 16.6. The minimum atomic E-state index is -0.980. The lowest BCUT2D eigenvalue weighted by Gasteiger charge is -2.29. The van der Waals surface area contributed by atoms with Crippen molar-refractivity contribution < 1.29 is 14.5 Å². The molecule has 1 aromatic carbocycles. The molecule has 0 aliphatic heterocycles. The second kappa shape index (κ2) is 9.17. The van der Waals surface area contributed by atoms with Crippen LogP contribution in [0.15, 0.2) is 29.3 Å². The number of primary amides is 1. The normalized spacial score (nSPS) is 11.4. The van der Waals surface area contributed by atoms with Crippen LogP contribution in [0.3, 0.4) is 0 Å². The van der Waals surface area contributed by atoms with E-state index in [1.807, 2.05) is 0 Å². The van der Waals surface area contributed by atoms with Crippen molar-refractivity contribution in [2.75, 3.05) is 18.0 Å². The standard InChI is InChI=1S/C14H21N7O4/c15-8-12(22)20(9-3-5-10(6-4-9)21(24)25)11(13(16)23)2-1-7-19-14(17)18/h3-6,11H,1-2,7-8,15H2,(H2,16,23)(H4,17,18,19)/t11-/m0/s1. The summed E-state index contributed by atoms with van der Waals surface area (Å²) >= 11 is 0. The van der Waals surface area contributed by atoms with E-state index in [4.69, 9.17) is 22.9 Å². The molecular formula is C14H21N7O4. The zero-order chi connectivity index (χ0) is 19.0. The number of nitro benzene ring substituents is 1. The third kappa shape index (κ3) is 5.73. The van der Waals surface area contributed by atoms with Crippen molar-refractivity contribution in [3.8, 4) is 0 Å². The van der Waals surface area contributed by atoms with E-state index in [9.17, 15) is 19.7 Å². The number of aliphatic imine (C=N–C) groups is 1. The Hall–Kier alpha value is -3.21. The Morgan fingerprint density at radius 1 is 1.20 bits per heavy atom. The molecule has 0 saturated heterocycles. The van der Waals surface area contributed by atoms with Crippen LogP contribution >= 0.6 is 0 Å².